The van der Waals surface area contributed by atoms with Crippen molar-refractivity contribution in [3.05, 3.63) is 30.1 Å². The monoisotopic (exact) mass is 363 g/mol. The van der Waals surface area contributed by atoms with Gasteiger partial charge in [0.2, 0.25) is 11.8 Å². The molecule has 1 heterocycles. The fourth-order valence-electron chi connectivity index (χ4n) is 2.23. The number of aryl methyl sites for hydroxylation is 1. The van der Waals surface area contributed by atoms with Crippen molar-refractivity contribution >= 4 is 29.3 Å². The summed E-state index contributed by atoms with van der Waals surface area (Å²) in [5.41, 5.74) is 5.79. The van der Waals surface area contributed by atoms with Gasteiger partial charge >= 0.3 is 0 Å². The van der Waals surface area contributed by atoms with E-state index in [1.807, 2.05) is 23.6 Å². The predicted octanol–water partition coefficient (Wildman–Crippen LogP) is 1.46. The van der Waals surface area contributed by atoms with Gasteiger partial charge in [0.1, 0.15) is 11.6 Å². The van der Waals surface area contributed by atoms with Crippen LogP contribution in [0.25, 0.3) is 0 Å². The smallest absolute Gasteiger partial charge is 0.234 e. The Kier molecular flexibility index (Phi) is 6.81. The third-order valence-electron chi connectivity index (χ3n) is 3.42. The first-order valence-corrected chi connectivity index (χ1v) is 8.79. The first-order chi connectivity index (χ1) is 12.0. The molecule has 0 aliphatic rings. The van der Waals surface area contributed by atoms with Crippen molar-refractivity contribution in [1.82, 2.24) is 14.8 Å². The molecule has 25 heavy (non-hydrogen) atoms. The number of methoxy groups -OCH3 is 1. The maximum absolute atomic E-state index is 12.2. The minimum atomic E-state index is -0.379. The molecule has 1 aromatic carbocycles. The number of benzene rings is 1. The molecule has 8 nitrogen and oxygen atoms in total. The number of nitrogens with zero attached hydrogens (tertiary/aromatic N) is 3. The average molecular weight is 363 g/mol. The number of primary amides is 1. The molecule has 134 valence electrons. The van der Waals surface area contributed by atoms with Gasteiger partial charge < -0.3 is 20.4 Å². The van der Waals surface area contributed by atoms with Crippen LogP contribution in [0.4, 0.5) is 5.69 Å². The van der Waals surface area contributed by atoms with Crippen LogP contribution in [0.5, 0.6) is 5.75 Å². The van der Waals surface area contributed by atoms with Crippen molar-refractivity contribution in [3.8, 4) is 5.75 Å². The van der Waals surface area contributed by atoms with Gasteiger partial charge in [-0.2, -0.15) is 0 Å². The van der Waals surface area contributed by atoms with Crippen LogP contribution < -0.4 is 15.8 Å². The normalized spacial score (nSPS) is 10.5. The lowest BCUT2D eigenvalue weighted by Gasteiger charge is -2.10. The summed E-state index contributed by atoms with van der Waals surface area (Å²) in [5, 5.41) is 11.6. The molecule has 0 saturated carbocycles. The summed E-state index contributed by atoms with van der Waals surface area (Å²) in [6.45, 7) is 2.60. The van der Waals surface area contributed by atoms with Gasteiger partial charge in [0.05, 0.1) is 18.6 Å². The minimum Gasteiger partial charge on any atom is -0.495 e. The van der Waals surface area contributed by atoms with E-state index in [1.165, 1.54) is 11.8 Å². The lowest BCUT2D eigenvalue weighted by Crippen LogP contribution is -2.15. The van der Waals surface area contributed by atoms with Crippen LogP contribution in [-0.2, 0) is 22.6 Å². The second-order valence-corrected chi connectivity index (χ2v) is 6.09. The number of anilines is 1. The number of aromatic nitrogens is 3. The number of rotatable bonds is 9. The van der Waals surface area contributed by atoms with Crippen LogP contribution in [0.2, 0.25) is 0 Å². The molecule has 0 saturated heterocycles. The summed E-state index contributed by atoms with van der Waals surface area (Å²) in [7, 11) is 1.55. The number of nitrogens with one attached hydrogen (secondary N) is 1. The molecule has 0 radical (unpaired) electrons. The van der Waals surface area contributed by atoms with Crippen LogP contribution in [0.3, 0.4) is 0 Å². The summed E-state index contributed by atoms with van der Waals surface area (Å²) >= 11 is 1.29. The van der Waals surface area contributed by atoms with E-state index < -0.39 is 0 Å². The summed E-state index contributed by atoms with van der Waals surface area (Å²) in [4.78, 5) is 23.1. The van der Waals surface area contributed by atoms with Crippen molar-refractivity contribution in [1.29, 1.82) is 0 Å². The van der Waals surface area contributed by atoms with Gasteiger partial charge in [-0.25, -0.2) is 0 Å². The van der Waals surface area contributed by atoms with E-state index in [0.29, 0.717) is 35.4 Å². The molecule has 2 amide bonds. The van der Waals surface area contributed by atoms with Crippen molar-refractivity contribution in [3.63, 3.8) is 0 Å². The Labute approximate surface area is 150 Å². The lowest BCUT2D eigenvalue weighted by atomic mass is 10.3. The number of thioether (sulfide) groups is 1. The molecular formula is C16H21N5O3S. The molecule has 0 fully saturated rings. The molecule has 2 rings (SSSR count). The van der Waals surface area contributed by atoms with E-state index >= 15 is 0 Å². The Morgan fingerprint density at radius 1 is 1.32 bits per heavy atom. The number of ether oxygens (including phenoxy) is 1. The summed E-state index contributed by atoms with van der Waals surface area (Å²) < 4.78 is 7.09. The van der Waals surface area contributed by atoms with Crippen molar-refractivity contribution < 1.29 is 14.3 Å². The Hall–Kier alpha value is -2.55. The highest BCUT2D eigenvalue weighted by molar-refractivity contribution is 7.99. The van der Waals surface area contributed by atoms with E-state index in [1.54, 1.807) is 19.2 Å². The Morgan fingerprint density at radius 2 is 2.08 bits per heavy atom. The highest BCUT2D eigenvalue weighted by Gasteiger charge is 2.14. The first-order valence-electron chi connectivity index (χ1n) is 7.81. The predicted molar refractivity (Wildman–Crippen MR) is 95.6 cm³/mol. The van der Waals surface area contributed by atoms with E-state index in [-0.39, 0.29) is 24.0 Å². The largest absolute Gasteiger partial charge is 0.495 e. The van der Waals surface area contributed by atoms with E-state index in [0.717, 1.165) is 0 Å². The third-order valence-corrected chi connectivity index (χ3v) is 4.38. The Morgan fingerprint density at radius 3 is 2.76 bits per heavy atom. The van der Waals surface area contributed by atoms with E-state index in [9.17, 15) is 9.59 Å². The van der Waals surface area contributed by atoms with Gasteiger partial charge in [-0.3, -0.25) is 9.59 Å². The number of amides is 2. The molecule has 9 heteroatoms. The summed E-state index contributed by atoms with van der Waals surface area (Å²) in [6.07, 6.45) is 0.654. The van der Waals surface area contributed by atoms with E-state index in [2.05, 4.69) is 15.5 Å². The van der Waals surface area contributed by atoms with Crippen LogP contribution in [-0.4, -0.2) is 39.4 Å². The molecule has 0 aliphatic carbocycles. The molecule has 0 unspecified atom stereocenters. The molecule has 0 bridgehead atoms. The van der Waals surface area contributed by atoms with Gasteiger partial charge in [-0.05, 0) is 19.1 Å². The second kappa shape index (κ2) is 9.07. The van der Waals surface area contributed by atoms with Gasteiger partial charge in [0.25, 0.3) is 0 Å². The number of carbonyl (C=O) groups is 2. The van der Waals surface area contributed by atoms with E-state index in [4.69, 9.17) is 10.5 Å². The Balaban J connectivity index is 1.96. The highest BCUT2D eigenvalue weighted by atomic mass is 32.2. The maximum atomic E-state index is 12.2. The number of carbonyl (C=O) groups excluding carboxylic acids is 2. The Bertz CT molecular complexity index is 747. The molecule has 1 aromatic heterocycles. The van der Waals surface area contributed by atoms with Gasteiger partial charge in [0.15, 0.2) is 5.16 Å². The zero-order chi connectivity index (χ0) is 18.2. The zero-order valence-electron chi connectivity index (χ0n) is 14.2. The van der Waals surface area contributed by atoms with Gasteiger partial charge in [-0.1, -0.05) is 23.9 Å². The lowest BCUT2D eigenvalue weighted by molar-refractivity contribution is -0.118. The molecular weight excluding hydrogens is 342 g/mol. The van der Waals surface area contributed by atoms with Gasteiger partial charge in [-0.15, -0.1) is 10.2 Å². The second-order valence-electron chi connectivity index (χ2n) is 5.15. The van der Waals surface area contributed by atoms with Gasteiger partial charge in [0, 0.05) is 19.4 Å². The van der Waals surface area contributed by atoms with Crippen molar-refractivity contribution in [2.45, 2.75) is 31.5 Å². The fourth-order valence-corrected chi connectivity index (χ4v) is 3.05. The number of hydrogen-bond donors (Lipinski definition) is 2. The van der Waals surface area contributed by atoms with Crippen molar-refractivity contribution in [2.75, 3.05) is 18.2 Å². The number of nitrogens with two attached hydrogens (primary N) is 1. The van der Waals surface area contributed by atoms with Crippen LogP contribution in [0.15, 0.2) is 29.4 Å². The minimum absolute atomic E-state index is 0.168. The van der Waals surface area contributed by atoms with Crippen molar-refractivity contribution in [2.24, 2.45) is 5.73 Å². The standard InChI is InChI=1S/C16H21N5O3S/c1-3-21-14(9-8-13(17)22)19-20-16(21)25-10-15(23)18-11-6-4-5-7-12(11)24-2/h4-7H,3,8-10H2,1-2H3,(H2,17,22)(H,18,23). The molecule has 0 atom stereocenters. The molecule has 0 aliphatic heterocycles. The first kappa shape index (κ1) is 18.8. The van der Waals surface area contributed by atoms with Crippen LogP contribution in [0, 0.1) is 0 Å². The quantitative estimate of drug-likeness (QED) is 0.652. The summed E-state index contributed by atoms with van der Waals surface area (Å²) in [6, 6.07) is 7.21. The zero-order valence-corrected chi connectivity index (χ0v) is 15.0. The molecule has 3 N–H and O–H groups in total. The third kappa shape index (κ3) is 5.21. The molecule has 2 aromatic rings. The average Bonchev–Trinajstić information content (AvgIpc) is 3.00. The maximum Gasteiger partial charge on any atom is 0.234 e. The number of hydrogen-bond acceptors (Lipinski definition) is 6. The molecule has 0 spiro atoms. The summed E-state index contributed by atoms with van der Waals surface area (Å²) in [5.74, 6) is 0.932. The number of para-hydroxylation sites is 2. The topological polar surface area (TPSA) is 112 Å². The van der Waals surface area contributed by atoms with Crippen LogP contribution >= 0.6 is 11.8 Å². The SMILES string of the molecule is CCn1c(CCC(N)=O)nnc1SCC(=O)Nc1ccccc1OC. The highest BCUT2D eigenvalue weighted by Crippen LogP contribution is 2.24. The van der Waals surface area contributed by atoms with Crippen LogP contribution in [0.1, 0.15) is 19.2 Å². The fraction of sp³-hybridized carbons (Fsp3) is 0.375.